The van der Waals surface area contributed by atoms with E-state index in [4.69, 9.17) is 21.9 Å². The SMILES string of the molecule is CC(O)(C#Cc1cc2c(cc1F)OCCn1cc(C(N)=O)nc1-2)/C(N)=C/C=C\N. The molecule has 0 spiro atoms. The normalized spacial score (nSPS) is 15.3. The van der Waals surface area contributed by atoms with Crippen LogP contribution in [0.15, 0.2) is 42.4 Å². The molecule has 2 heterocycles. The van der Waals surface area contributed by atoms with Gasteiger partial charge in [-0.15, -0.1) is 0 Å². The Morgan fingerprint density at radius 1 is 1.45 bits per heavy atom. The van der Waals surface area contributed by atoms with Gasteiger partial charge < -0.3 is 31.6 Å². The van der Waals surface area contributed by atoms with Crippen molar-refractivity contribution >= 4 is 5.91 Å². The van der Waals surface area contributed by atoms with Crippen LogP contribution in [0.3, 0.4) is 0 Å². The highest BCUT2D eigenvalue weighted by atomic mass is 19.1. The highest BCUT2D eigenvalue weighted by molar-refractivity contribution is 5.91. The predicted octanol–water partition coefficient (Wildman–Crippen LogP) is 0.598. The van der Waals surface area contributed by atoms with E-state index in [1.54, 1.807) is 4.57 Å². The molecule has 2 aromatic rings. The molecule has 9 heteroatoms. The third-order valence-corrected chi connectivity index (χ3v) is 4.32. The lowest BCUT2D eigenvalue weighted by molar-refractivity contribution is 0.0996. The zero-order valence-corrected chi connectivity index (χ0v) is 15.6. The first-order valence-corrected chi connectivity index (χ1v) is 8.66. The predicted molar refractivity (Wildman–Crippen MR) is 105 cm³/mol. The molecular weight excluding hydrogens is 377 g/mol. The quantitative estimate of drug-likeness (QED) is 0.441. The molecule has 0 bridgehead atoms. The number of aromatic nitrogens is 2. The fraction of sp³-hybridized carbons (Fsp3) is 0.200. The first-order chi connectivity index (χ1) is 13.7. The van der Waals surface area contributed by atoms with Gasteiger partial charge in [0.05, 0.1) is 23.4 Å². The number of ether oxygens (including phenoxy) is 1. The van der Waals surface area contributed by atoms with Crippen molar-refractivity contribution in [3.05, 3.63) is 59.5 Å². The van der Waals surface area contributed by atoms with Crippen LogP contribution in [0, 0.1) is 17.7 Å². The molecule has 29 heavy (non-hydrogen) atoms. The smallest absolute Gasteiger partial charge is 0.268 e. The van der Waals surface area contributed by atoms with Crippen molar-refractivity contribution in [2.75, 3.05) is 6.61 Å². The summed E-state index contributed by atoms with van der Waals surface area (Å²) in [5, 5.41) is 10.4. The van der Waals surface area contributed by atoms with Crippen LogP contribution >= 0.6 is 0 Å². The standard InChI is InChI=1S/C20H20FN5O3/c1-20(28,17(23)3-2-6-22)5-4-12-9-13-16(10-14(12)21)29-8-7-26-11-15(18(24)27)25-19(13)26/h2-3,6,9-11,28H,7-8,22-23H2,1H3,(H2,24,27)/b6-2-,17-3-. The van der Waals surface area contributed by atoms with Crippen LogP contribution in [0.5, 0.6) is 5.75 Å². The molecule has 7 N–H and O–H groups in total. The van der Waals surface area contributed by atoms with Gasteiger partial charge in [-0.05, 0) is 31.3 Å². The van der Waals surface area contributed by atoms with Gasteiger partial charge in [0.25, 0.3) is 5.91 Å². The monoisotopic (exact) mass is 397 g/mol. The number of carbonyl (C=O) groups excluding carboxylic acids is 1. The lowest BCUT2D eigenvalue weighted by Crippen LogP contribution is -2.29. The maximum absolute atomic E-state index is 14.6. The van der Waals surface area contributed by atoms with Crippen molar-refractivity contribution in [3.8, 4) is 29.0 Å². The Morgan fingerprint density at radius 2 is 2.21 bits per heavy atom. The second kappa shape index (κ2) is 7.69. The maximum atomic E-state index is 14.6. The minimum Gasteiger partial charge on any atom is -0.491 e. The zero-order chi connectivity index (χ0) is 21.2. The van der Waals surface area contributed by atoms with Crippen LogP contribution in [0.4, 0.5) is 4.39 Å². The minimum absolute atomic E-state index is 0.00636. The van der Waals surface area contributed by atoms with Gasteiger partial charge in [0.15, 0.2) is 5.60 Å². The largest absolute Gasteiger partial charge is 0.491 e. The molecule has 0 saturated carbocycles. The van der Waals surface area contributed by atoms with Gasteiger partial charge in [-0.3, -0.25) is 4.79 Å². The molecule has 0 saturated heterocycles. The van der Waals surface area contributed by atoms with Crippen molar-refractivity contribution in [3.63, 3.8) is 0 Å². The highest BCUT2D eigenvalue weighted by Crippen LogP contribution is 2.34. The van der Waals surface area contributed by atoms with E-state index in [1.165, 1.54) is 43.6 Å². The molecule has 1 aliphatic heterocycles. The molecule has 1 unspecified atom stereocenters. The number of allylic oxidation sites excluding steroid dienone is 2. The Labute approximate surface area is 166 Å². The van der Waals surface area contributed by atoms with Gasteiger partial charge in [-0.25, -0.2) is 9.37 Å². The van der Waals surface area contributed by atoms with Crippen LogP contribution < -0.4 is 21.9 Å². The fourth-order valence-corrected chi connectivity index (χ4v) is 2.70. The number of benzene rings is 1. The van der Waals surface area contributed by atoms with Crippen LogP contribution in [-0.4, -0.2) is 32.8 Å². The Bertz CT molecular complexity index is 1090. The van der Waals surface area contributed by atoms with Gasteiger partial charge in [0.1, 0.15) is 29.7 Å². The number of primary amides is 1. The zero-order valence-electron chi connectivity index (χ0n) is 15.6. The number of hydrogen-bond donors (Lipinski definition) is 4. The number of nitrogens with zero attached hydrogens (tertiary/aromatic N) is 2. The Balaban J connectivity index is 2.07. The van der Waals surface area contributed by atoms with Crippen molar-refractivity contribution in [2.24, 2.45) is 17.2 Å². The third kappa shape index (κ3) is 4.07. The van der Waals surface area contributed by atoms with Crippen LogP contribution in [0.25, 0.3) is 11.4 Å². The summed E-state index contributed by atoms with van der Waals surface area (Å²) in [4.78, 5) is 15.7. The first-order valence-electron chi connectivity index (χ1n) is 8.66. The number of amides is 1. The van der Waals surface area contributed by atoms with Crippen LogP contribution in [0.1, 0.15) is 23.0 Å². The summed E-state index contributed by atoms with van der Waals surface area (Å²) in [5.74, 6) is 4.54. The number of carbonyl (C=O) groups is 1. The summed E-state index contributed by atoms with van der Waals surface area (Å²) in [7, 11) is 0. The first kappa shape index (κ1) is 20.0. The van der Waals surface area contributed by atoms with E-state index in [2.05, 4.69) is 16.8 Å². The third-order valence-electron chi connectivity index (χ3n) is 4.32. The van der Waals surface area contributed by atoms with Gasteiger partial charge in [-0.2, -0.15) is 0 Å². The topological polar surface area (TPSA) is 142 Å². The van der Waals surface area contributed by atoms with E-state index in [1.807, 2.05) is 0 Å². The summed E-state index contributed by atoms with van der Waals surface area (Å²) in [6, 6.07) is 2.64. The van der Waals surface area contributed by atoms with E-state index in [9.17, 15) is 14.3 Å². The summed E-state index contributed by atoms with van der Waals surface area (Å²) in [5.41, 5.74) is 15.3. The molecule has 8 nitrogen and oxygen atoms in total. The van der Waals surface area contributed by atoms with Crippen molar-refractivity contribution in [2.45, 2.75) is 19.1 Å². The minimum atomic E-state index is -1.70. The summed E-state index contributed by atoms with van der Waals surface area (Å²) in [6.45, 7) is 2.06. The Hall–Kier alpha value is -3.77. The van der Waals surface area contributed by atoms with E-state index in [-0.39, 0.29) is 29.3 Å². The van der Waals surface area contributed by atoms with E-state index >= 15 is 0 Å². The molecule has 1 aromatic heterocycles. The fourth-order valence-electron chi connectivity index (χ4n) is 2.70. The highest BCUT2D eigenvalue weighted by Gasteiger charge is 2.23. The molecule has 0 fully saturated rings. The molecule has 1 aliphatic rings. The van der Waals surface area contributed by atoms with Gasteiger partial charge in [0.2, 0.25) is 0 Å². The molecule has 1 amide bonds. The molecule has 150 valence electrons. The number of hydrogen-bond acceptors (Lipinski definition) is 6. The summed E-state index contributed by atoms with van der Waals surface area (Å²) >= 11 is 0. The van der Waals surface area contributed by atoms with Crippen LogP contribution in [0.2, 0.25) is 0 Å². The van der Waals surface area contributed by atoms with E-state index < -0.39 is 17.3 Å². The summed E-state index contributed by atoms with van der Waals surface area (Å²) < 4.78 is 21.9. The number of rotatable bonds is 3. The lowest BCUT2D eigenvalue weighted by atomic mass is 10.0. The molecule has 0 aliphatic carbocycles. The molecule has 1 atom stereocenters. The average Bonchev–Trinajstić information content (AvgIpc) is 3.02. The molecule has 0 radical (unpaired) electrons. The number of fused-ring (bicyclic) bond motifs is 3. The number of halogens is 1. The van der Waals surface area contributed by atoms with Gasteiger partial charge in [0, 0.05) is 12.3 Å². The average molecular weight is 397 g/mol. The van der Waals surface area contributed by atoms with Gasteiger partial charge >= 0.3 is 0 Å². The molecule has 3 rings (SSSR count). The van der Waals surface area contributed by atoms with Crippen molar-refractivity contribution < 1.29 is 19.0 Å². The van der Waals surface area contributed by atoms with Crippen molar-refractivity contribution in [1.82, 2.24) is 9.55 Å². The van der Waals surface area contributed by atoms with Gasteiger partial charge in [-0.1, -0.05) is 11.8 Å². The molecule has 1 aromatic carbocycles. The Kier molecular flexibility index (Phi) is 5.30. The second-order valence-corrected chi connectivity index (χ2v) is 6.51. The number of imidazole rings is 1. The maximum Gasteiger partial charge on any atom is 0.268 e. The van der Waals surface area contributed by atoms with E-state index in [0.29, 0.717) is 17.9 Å². The lowest BCUT2D eigenvalue weighted by Gasteiger charge is -2.16. The number of aliphatic hydroxyl groups is 1. The molecular formula is C20H20FN5O3. The second-order valence-electron chi connectivity index (χ2n) is 6.51. The van der Waals surface area contributed by atoms with E-state index in [0.717, 1.165) is 0 Å². The van der Waals surface area contributed by atoms with Crippen LogP contribution in [-0.2, 0) is 6.54 Å². The number of nitrogens with two attached hydrogens (primary N) is 3. The Morgan fingerprint density at radius 3 is 2.90 bits per heavy atom. The summed E-state index contributed by atoms with van der Waals surface area (Å²) in [6.07, 6.45) is 5.62. The van der Waals surface area contributed by atoms with Crippen molar-refractivity contribution in [1.29, 1.82) is 0 Å².